The number of carbonyl (C=O) groups is 1. The van der Waals surface area contributed by atoms with E-state index in [0.29, 0.717) is 54.1 Å². The van der Waals surface area contributed by atoms with Crippen LogP contribution in [0.2, 0.25) is 0 Å². The second-order valence-corrected chi connectivity index (χ2v) is 9.81. The molecule has 5 rings (SSSR count). The van der Waals surface area contributed by atoms with E-state index in [1.807, 2.05) is 35.2 Å². The summed E-state index contributed by atoms with van der Waals surface area (Å²) < 4.78 is 17.6. The Bertz CT molecular complexity index is 1230. The molecule has 0 radical (unpaired) electrons. The first-order chi connectivity index (χ1) is 17.5. The summed E-state index contributed by atoms with van der Waals surface area (Å²) in [6, 6.07) is 12.4. The molecule has 1 aromatic heterocycles. The largest absolute Gasteiger partial charge is 0.507 e. The maximum Gasteiger partial charge on any atom is 0.273 e. The highest BCUT2D eigenvalue weighted by Gasteiger charge is 2.44. The number of aromatic amines is 1. The van der Waals surface area contributed by atoms with E-state index in [9.17, 15) is 9.90 Å². The number of aromatic nitrogens is 2. The van der Waals surface area contributed by atoms with E-state index >= 15 is 0 Å². The first kappa shape index (κ1) is 24.2. The number of hydrogen-bond donors (Lipinski definition) is 2. The number of fused-ring (bicyclic) bond motifs is 1. The maximum atomic E-state index is 13.6. The van der Waals surface area contributed by atoms with Crippen LogP contribution in [0.1, 0.15) is 60.8 Å². The van der Waals surface area contributed by atoms with Crippen LogP contribution in [0, 0.1) is 5.92 Å². The minimum atomic E-state index is -0.413. The summed E-state index contributed by atoms with van der Waals surface area (Å²) in [6.45, 7) is 6.11. The average molecular weight is 492 g/mol. The number of carbonyl (C=O) groups excluding carboxylic acids is 1. The lowest BCUT2D eigenvalue weighted by atomic mass is 9.95. The molecule has 1 amide bonds. The SMILES string of the molecule is COc1cc([C@@H]2c3c(-c4ccccc4O)n[nH]c3C(=O)N2C[C@H]2CCCO2)ccc1OCCC(C)C. The van der Waals surface area contributed by atoms with E-state index in [1.165, 1.54) is 0 Å². The molecule has 190 valence electrons. The number of ether oxygens (including phenoxy) is 3. The molecule has 2 aromatic carbocycles. The van der Waals surface area contributed by atoms with Crippen molar-refractivity contribution in [1.29, 1.82) is 0 Å². The van der Waals surface area contributed by atoms with Crippen LogP contribution in [0.4, 0.5) is 0 Å². The minimum absolute atomic E-state index is 0.0115. The van der Waals surface area contributed by atoms with Crippen LogP contribution in [-0.4, -0.2) is 59.1 Å². The van der Waals surface area contributed by atoms with Crippen molar-refractivity contribution in [2.75, 3.05) is 26.9 Å². The number of H-pyrrole nitrogens is 1. The molecule has 2 aliphatic heterocycles. The molecule has 2 atom stereocenters. The molecule has 3 aromatic rings. The van der Waals surface area contributed by atoms with Crippen LogP contribution in [-0.2, 0) is 4.74 Å². The first-order valence-corrected chi connectivity index (χ1v) is 12.6. The van der Waals surface area contributed by atoms with Crippen molar-refractivity contribution >= 4 is 5.91 Å². The summed E-state index contributed by atoms with van der Waals surface area (Å²) in [5.74, 6) is 1.81. The smallest absolute Gasteiger partial charge is 0.273 e. The third kappa shape index (κ3) is 4.53. The van der Waals surface area contributed by atoms with Gasteiger partial charge in [-0.3, -0.25) is 9.89 Å². The summed E-state index contributed by atoms with van der Waals surface area (Å²) in [4.78, 5) is 15.4. The van der Waals surface area contributed by atoms with Crippen LogP contribution >= 0.6 is 0 Å². The Morgan fingerprint density at radius 3 is 2.78 bits per heavy atom. The summed E-state index contributed by atoms with van der Waals surface area (Å²) in [5.41, 5.74) is 3.20. The van der Waals surface area contributed by atoms with Crippen LogP contribution in [0.25, 0.3) is 11.3 Å². The molecule has 8 heteroatoms. The van der Waals surface area contributed by atoms with E-state index < -0.39 is 6.04 Å². The number of nitrogens with zero attached hydrogens (tertiary/aromatic N) is 2. The average Bonchev–Trinajstić information content (AvgIpc) is 3.59. The molecule has 36 heavy (non-hydrogen) atoms. The maximum absolute atomic E-state index is 13.6. The van der Waals surface area contributed by atoms with E-state index in [2.05, 4.69) is 24.0 Å². The number of hydrogen-bond acceptors (Lipinski definition) is 6. The summed E-state index contributed by atoms with van der Waals surface area (Å²) in [6.07, 6.45) is 2.84. The summed E-state index contributed by atoms with van der Waals surface area (Å²) in [5, 5.41) is 18.0. The molecule has 2 N–H and O–H groups in total. The van der Waals surface area contributed by atoms with Crippen LogP contribution < -0.4 is 9.47 Å². The zero-order valence-corrected chi connectivity index (χ0v) is 21.0. The van der Waals surface area contributed by atoms with Gasteiger partial charge in [-0.25, -0.2) is 0 Å². The fraction of sp³-hybridized carbons (Fsp3) is 0.429. The van der Waals surface area contributed by atoms with E-state index in [1.54, 1.807) is 19.2 Å². The zero-order valence-electron chi connectivity index (χ0n) is 21.0. The normalized spacial score (nSPS) is 19.2. The van der Waals surface area contributed by atoms with Gasteiger partial charge in [0.05, 0.1) is 25.9 Å². The van der Waals surface area contributed by atoms with Crippen LogP contribution in [0.3, 0.4) is 0 Å². The fourth-order valence-electron chi connectivity index (χ4n) is 5.00. The molecule has 0 saturated carbocycles. The molecular formula is C28H33N3O5. The van der Waals surface area contributed by atoms with Crippen LogP contribution in [0.5, 0.6) is 17.2 Å². The number of rotatable bonds is 9. The van der Waals surface area contributed by atoms with Gasteiger partial charge < -0.3 is 24.2 Å². The lowest BCUT2D eigenvalue weighted by Gasteiger charge is -2.29. The number of aromatic hydroxyl groups is 1. The van der Waals surface area contributed by atoms with Crippen molar-refractivity contribution in [2.24, 2.45) is 5.92 Å². The quantitative estimate of drug-likeness (QED) is 0.440. The highest BCUT2D eigenvalue weighted by molar-refractivity contribution is 6.00. The fourth-order valence-corrected chi connectivity index (χ4v) is 5.00. The molecule has 0 spiro atoms. The third-order valence-electron chi connectivity index (χ3n) is 6.90. The number of phenolic OH excluding ortho intramolecular Hbond substituents is 1. The summed E-state index contributed by atoms with van der Waals surface area (Å²) in [7, 11) is 1.62. The Hall–Kier alpha value is -3.52. The van der Waals surface area contributed by atoms with E-state index in [4.69, 9.17) is 14.2 Å². The first-order valence-electron chi connectivity index (χ1n) is 12.6. The van der Waals surface area contributed by atoms with Crippen LogP contribution in [0.15, 0.2) is 42.5 Å². The van der Waals surface area contributed by atoms with Gasteiger partial charge in [0.2, 0.25) is 0 Å². The summed E-state index contributed by atoms with van der Waals surface area (Å²) >= 11 is 0. The van der Waals surface area contributed by atoms with Crippen molar-refractivity contribution in [2.45, 2.75) is 45.3 Å². The molecule has 1 saturated heterocycles. The lowest BCUT2D eigenvalue weighted by Crippen LogP contribution is -2.36. The van der Waals surface area contributed by atoms with Gasteiger partial charge in [0.1, 0.15) is 17.1 Å². The van der Waals surface area contributed by atoms with Crippen molar-refractivity contribution in [1.82, 2.24) is 15.1 Å². The predicted octanol–water partition coefficient (Wildman–Crippen LogP) is 4.94. The Balaban J connectivity index is 1.56. The Kier molecular flexibility index (Phi) is 6.87. The monoisotopic (exact) mass is 491 g/mol. The van der Waals surface area contributed by atoms with E-state index in [0.717, 1.165) is 30.4 Å². The molecule has 8 nitrogen and oxygen atoms in total. The minimum Gasteiger partial charge on any atom is -0.507 e. The van der Waals surface area contributed by atoms with Gasteiger partial charge in [0.15, 0.2) is 11.5 Å². The van der Waals surface area contributed by atoms with Gasteiger partial charge in [0, 0.05) is 24.3 Å². The Labute approximate surface area is 211 Å². The molecular weight excluding hydrogens is 458 g/mol. The predicted molar refractivity (Wildman–Crippen MR) is 135 cm³/mol. The molecule has 2 aliphatic rings. The number of methoxy groups -OCH3 is 1. The Morgan fingerprint density at radius 2 is 2.06 bits per heavy atom. The Morgan fingerprint density at radius 1 is 1.22 bits per heavy atom. The van der Waals surface area contributed by atoms with Gasteiger partial charge in [0.25, 0.3) is 5.91 Å². The highest BCUT2D eigenvalue weighted by atomic mass is 16.5. The topological polar surface area (TPSA) is 96.9 Å². The number of phenols is 1. The second kappa shape index (κ2) is 10.2. The lowest BCUT2D eigenvalue weighted by molar-refractivity contribution is 0.0495. The third-order valence-corrected chi connectivity index (χ3v) is 6.90. The van der Waals surface area contributed by atoms with Gasteiger partial charge >= 0.3 is 0 Å². The van der Waals surface area contributed by atoms with Crippen molar-refractivity contribution in [3.63, 3.8) is 0 Å². The van der Waals surface area contributed by atoms with Gasteiger partial charge in [-0.05, 0) is 55.0 Å². The molecule has 3 heterocycles. The molecule has 0 unspecified atom stereocenters. The number of amides is 1. The standard InChI is InChI=1S/C28H33N3O5/c1-17(2)12-14-36-22-11-10-18(15-23(22)34-3)27-24-25(20-8-4-5-9-21(20)32)29-30-26(24)28(33)31(27)16-19-7-6-13-35-19/h4-5,8-11,15,17,19,27,32H,6-7,12-14,16H2,1-3H3,(H,29,30)/t19-,27-/m1/s1. The zero-order chi connectivity index (χ0) is 25.2. The van der Waals surface area contributed by atoms with E-state index in [-0.39, 0.29) is 17.8 Å². The van der Waals surface area contributed by atoms with Crippen molar-refractivity contribution < 1.29 is 24.1 Å². The van der Waals surface area contributed by atoms with Gasteiger partial charge in [-0.1, -0.05) is 32.0 Å². The van der Waals surface area contributed by atoms with Gasteiger partial charge in [-0.2, -0.15) is 5.10 Å². The number of benzene rings is 2. The highest BCUT2D eigenvalue weighted by Crippen LogP contribution is 2.46. The van der Waals surface area contributed by atoms with Crippen molar-refractivity contribution in [3.8, 4) is 28.5 Å². The second-order valence-electron chi connectivity index (χ2n) is 9.81. The molecule has 0 aliphatic carbocycles. The number of nitrogens with one attached hydrogen (secondary N) is 1. The molecule has 0 bridgehead atoms. The van der Waals surface area contributed by atoms with Crippen molar-refractivity contribution in [3.05, 3.63) is 59.3 Å². The number of para-hydroxylation sites is 1. The molecule has 1 fully saturated rings. The van der Waals surface area contributed by atoms with Gasteiger partial charge in [-0.15, -0.1) is 0 Å².